The number of carbonyl (C=O) groups is 1. The zero-order chi connectivity index (χ0) is 16.7. The SMILES string of the molecule is CC(C)CC(COc1ccccc1)OC(=O)c1cccc(Cl)c1. The molecule has 0 bridgehead atoms. The van der Waals surface area contributed by atoms with Crippen LogP contribution < -0.4 is 4.74 Å². The Labute approximate surface area is 142 Å². The van der Waals surface area contributed by atoms with E-state index in [4.69, 9.17) is 21.1 Å². The van der Waals surface area contributed by atoms with Crippen molar-refractivity contribution in [3.05, 3.63) is 65.2 Å². The lowest BCUT2D eigenvalue weighted by Crippen LogP contribution is -2.26. The topological polar surface area (TPSA) is 35.5 Å². The molecule has 2 rings (SSSR count). The van der Waals surface area contributed by atoms with Crippen LogP contribution in [0.25, 0.3) is 0 Å². The molecule has 0 aromatic heterocycles. The van der Waals surface area contributed by atoms with Gasteiger partial charge in [0, 0.05) is 5.02 Å². The van der Waals surface area contributed by atoms with E-state index in [1.165, 1.54) is 0 Å². The van der Waals surface area contributed by atoms with Gasteiger partial charge in [0.15, 0.2) is 0 Å². The predicted octanol–water partition coefficient (Wildman–Crippen LogP) is 4.99. The number of hydrogen-bond donors (Lipinski definition) is 0. The summed E-state index contributed by atoms with van der Waals surface area (Å²) in [6.45, 7) is 4.50. The van der Waals surface area contributed by atoms with Crippen LogP contribution in [0.2, 0.25) is 5.02 Å². The van der Waals surface area contributed by atoms with Crippen LogP contribution in [0.4, 0.5) is 0 Å². The third-order valence-electron chi connectivity index (χ3n) is 3.25. The molecule has 0 fully saturated rings. The van der Waals surface area contributed by atoms with Crippen molar-refractivity contribution >= 4 is 17.6 Å². The van der Waals surface area contributed by atoms with Gasteiger partial charge in [-0.1, -0.05) is 49.7 Å². The molecular formula is C19H21ClO3. The van der Waals surface area contributed by atoms with Crippen molar-refractivity contribution in [1.82, 2.24) is 0 Å². The van der Waals surface area contributed by atoms with Gasteiger partial charge in [0.1, 0.15) is 18.5 Å². The summed E-state index contributed by atoms with van der Waals surface area (Å²) in [7, 11) is 0. The summed E-state index contributed by atoms with van der Waals surface area (Å²) in [5.41, 5.74) is 0.450. The Bertz CT molecular complexity index is 626. The second-order valence-corrected chi connectivity index (χ2v) is 6.23. The lowest BCUT2D eigenvalue weighted by Gasteiger charge is -2.20. The Balaban J connectivity index is 1.98. The van der Waals surface area contributed by atoms with Crippen LogP contribution in [-0.4, -0.2) is 18.7 Å². The van der Waals surface area contributed by atoms with Crippen molar-refractivity contribution < 1.29 is 14.3 Å². The van der Waals surface area contributed by atoms with Gasteiger partial charge in [-0.25, -0.2) is 4.79 Å². The second-order valence-electron chi connectivity index (χ2n) is 5.79. The van der Waals surface area contributed by atoms with Crippen LogP contribution in [0.3, 0.4) is 0 Å². The first-order valence-corrected chi connectivity index (χ1v) is 8.07. The van der Waals surface area contributed by atoms with E-state index in [-0.39, 0.29) is 12.1 Å². The fourth-order valence-corrected chi connectivity index (χ4v) is 2.41. The van der Waals surface area contributed by atoms with Crippen LogP contribution in [0.5, 0.6) is 5.75 Å². The smallest absolute Gasteiger partial charge is 0.338 e. The van der Waals surface area contributed by atoms with Gasteiger partial charge in [-0.3, -0.25) is 0 Å². The molecule has 1 atom stereocenters. The molecule has 0 saturated carbocycles. The van der Waals surface area contributed by atoms with Crippen LogP contribution in [0.15, 0.2) is 54.6 Å². The maximum atomic E-state index is 12.3. The number of para-hydroxylation sites is 1. The number of benzene rings is 2. The van der Waals surface area contributed by atoms with Crippen LogP contribution >= 0.6 is 11.6 Å². The summed E-state index contributed by atoms with van der Waals surface area (Å²) in [4.78, 5) is 12.3. The first kappa shape index (κ1) is 17.4. The largest absolute Gasteiger partial charge is 0.490 e. The zero-order valence-corrected chi connectivity index (χ0v) is 14.1. The fraction of sp³-hybridized carbons (Fsp3) is 0.316. The monoisotopic (exact) mass is 332 g/mol. The quantitative estimate of drug-likeness (QED) is 0.670. The minimum Gasteiger partial charge on any atom is -0.490 e. The number of rotatable bonds is 7. The molecule has 0 saturated heterocycles. The number of carbonyl (C=O) groups excluding carboxylic acids is 1. The molecule has 3 nitrogen and oxygen atoms in total. The Morgan fingerprint density at radius 2 is 1.83 bits per heavy atom. The molecule has 0 aliphatic carbocycles. The van der Waals surface area contributed by atoms with Crippen molar-refractivity contribution in [2.45, 2.75) is 26.4 Å². The van der Waals surface area contributed by atoms with Gasteiger partial charge >= 0.3 is 5.97 Å². The minimum atomic E-state index is -0.380. The van der Waals surface area contributed by atoms with Crippen LogP contribution in [-0.2, 0) is 4.74 Å². The average Bonchev–Trinajstić information content (AvgIpc) is 2.53. The highest BCUT2D eigenvalue weighted by molar-refractivity contribution is 6.30. The van der Waals surface area contributed by atoms with E-state index in [1.54, 1.807) is 24.3 Å². The van der Waals surface area contributed by atoms with E-state index in [1.807, 2.05) is 30.3 Å². The fourth-order valence-electron chi connectivity index (χ4n) is 2.22. The number of halogens is 1. The van der Waals surface area contributed by atoms with E-state index >= 15 is 0 Å². The molecule has 0 radical (unpaired) electrons. The van der Waals surface area contributed by atoms with E-state index in [9.17, 15) is 4.79 Å². The van der Waals surface area contributed by atoms with E-state index in [0.29, 0.717) is 23.1 Å². The van der Waals surface area contributed by atoms with Gasteiger partial charge in [-0.05, 0) is 42.7 Å². The summed E-state index contributed by atoms with van der Waals surface area (Å²) < 4.78 is 11.3. The second kappa shape index (κ2) is 8.59. The number of hydrogen-bond acceptors (Lipinski definition) is 3. The molecule has 0 aliphatic rings. The van der Waals surface area contributed by atoms with Gasteiger partial charge in [0.25, 0.3) is 0 Å². The molecule has 0 N–H and O–H groups in total. The molecule has 4 heteroatoms. The summed E-state index contributed by atoms with van der Waals surface area (Å²) in [5.74, 6) is 0.779. The average molecular weight is 333 g/mol. The maximum Gasteiger partial charge on any atom is 0.338 e. The van der Waals surface area contributed by atoms with Crippen molar-refractivity contribution in [2.24, 2.45) is 5.92 Å². The zero-order valence-electron chi connectivity index (χ0n) is 13.4. The summed E-state index contributed by atoms with van der Waals surface area (Å²) >= 11 is 5.92. The van der Waals surface area contributed by atoms with Crippen LogP contribution in [0.1, 0.15) is 30.6 Å². The van der Waals surface area contributed by atoms with Gasteiger partial charge in [-0.2, -0.15) is 0 Å². The maximum absolute atomic E-state index is 12.3. The Hall–Kier alpha value is -2.00. The molecule has 0 heterocycles. The van der Waals surface area contributed by atoms with E-state index in [2.05, 4.69) is 13.8 Å². The molecule has 122 valence electrons. The molecule has 2 aromatic carbocycles. The minimum absolute atomic E-state index is 0.304. The van der Waals surface area contributed by atoms with Gasteiger partial charge in [-0.15, -0.1) is 0 Å². The summed E-state index contributed by atoms with van der Waals surface area (Å²) in [6, 6.07) is 16.3. The number of ether oxygens (including phenoxy) is 2. The van der Waals surface area contributed by atoms with E-state index < -0.39 is 0 Å². The lowest BCUT2D eigenvalue weighted by molar-refractivity contribution is 0.0116. The number of esters is 1. The molecule has 0 amide bonds. The summed E-state index contributed by atoms with van der Waals surface area (Å²) in [6.07, 6.45) is 0.431. The normalized spacial score (nSPS) is 12.0. The predicted molar refractivity (Wildman–Crippen MR) is 92.0 cm³/mol. The van der Waals surface area contributed by atoms with Crippen molar-refractivity contribution in [3.63, 3.8) is 0 Å². The Morgan fingerprint density at radius 3 is 2.48 bits per heavy atom. The molecule has 1 unspecified atom stereocenters. The van der Waals surface area contributed by atoms with Gasteiger partial charge in [0.05, 0.1) is 5.56 Å². The summed E-state index contributed by atoms with van der Waals surface area (Å²) in [5, 5.41) is 0.514. The molecule has 0 spiro atoms. The molecule has 2 aromatic rings. The lowest BCUT2D eigenvalue weighted by atomic mass is 10.1. The molecule has 23 heavy (non-hydrogen) atoms. The molecule has 0 aliphatic heterocycles. The third-order valence-corrected chi connectivity index (χ3v) is 3.48. The van der Waals surface area contributed by atoms with Gasteiger partial charge < -0.3 is 9.47 Å². The van der Waals surface area contributed by atoms with E-state index in [0.717, 1.165) is 12.2 Å². The Morgan fingerprint density at radius 1 is 1.09 bits per heavy atom. The Kier molecular flexibility index (Phi) is 6.48. The molecular weight excluding hydrogens is 312 g/mol. The van der Waals surface area contributed by atoms with Crippen molar-refractivity contribution in [2.75, 3.05) is 6.61 Å². The van der Waals surface area contributed by atoms with Gasteiger partial charge in [0.2, 0.25) is 0 Å². The first-order chi connectivity index (χ1) is 11.0. The third kappa shape index (κ3) is 5.95. The highest BCUT2D eigenvalue weighted by atomic mass is 35.5. The highest BCUT2D eigenvalue weighted by Crippen LogP contribution is 2.17. The van der Waals surface area contributed by atoms with Crippen molar-refractivity contribution in [1.29, 1.82) is 0 Å². The highest BCUT2D eigenvalue weighted by Gasteiger charge is 2.18. The first-order valence-electron chi connectivity index (χ1n) is 7.69. The standard InChI is InChI=1S/C19H21ClO3/c1-14(2)11-18(13-22-17-9-4-3-5-10-17)23-19(21)15-7-6-8-16(20)12-15/h3-10,12,14,18H,11,13H2,1-2H3. The van der Waals surface area contributed by atoms with Crippen molar-refractivity contribution in [3.8, 4) is 5.75 Å². The van der Waals surface area contributed by atoms with Crippen LogP contribution in [0, 0.1) is 5.92 Å².